The monoisotopic (exact) mass is 123 g/mol. The van der Waals surface area contributed by atoms with Crippen molar-refractivity contribution in [2.24, 2.45) is 6.98 Å². The van der Waals surface area contributed by atoms with Crippen LogP contribution in [0.2, 0.25) is 0 Å². The molecular formula is C7H8N2. The number of hydrogen-bond acceptors (Lipinski definition) is 1. The Morgan fingerprint density at radius 3 is 3.00 bits per heavy atom. The molecule has 0 aliphatic carbocycles. The first-order chi connectivity index (χ1) is 5.46. The van der Waals surface area contributed by atoms with Crippen LogP contribution in [0.1, 0.15) is 15.5 Å². The van der Waals surface area contributed by atoms with Crippen molar-refractivity contribution < 1.29 is 4.11 Å². The highest BCUT2D eigenvalue weighted by Gasteiger charge is 1.95. The van der Waals surface area contributed by atoms with E-state index < -0.39 is 6.98 Å². The SMILES string of the molecule is [2H]C([2H])([2H])n1c(C)ccc1C#N. The van der Waals surface area contributed by atoms with Gasteiger partial charge in [0.1, 0.15) is 11.8 Å². The topological polar surface area (TPSA) is 28.7 Å². The van der Waals surface area contributed by atoms with E-state index in [4.69, 9.17) is 9.37 Å². The molecule has 0 saturated heterocycles. The summed E-state index contributed by atoms with van der Waals surface area (Å²) in [7, 11) is 0. The maximum Gasteiger partial charge on any atom is 0.120 e. The predicted octanol–water partition coefficient (Wildman–Crippen LogP) is 1.21. The summed E-state index contributed by atoms with van der Waals surface area (Å²) in [5.74, 6) is 0. The maximum atomic E-state index is 8.57. The zero-order valence-corrected chi connectivity index (χ0v) is 5.05. The van der Waals surface area contributed by atoms with Gasteiger partial charge in [0, 0.05) is 16.8 Å². The molecule has 0 aromatic carbocycles. The summed E-state index contributed by atoms with van der Waals surface area (Å²) in [6.07, 6.45) is 0. The van der Waals surface area contributed by atoms with Gasteiger partial charge in [-0.1, -0.05) is 0 Å². The molecule has 2 heteroatoms. The molecule has 0 aliphatic heterocycles. The van der Waals surface area contributed by atoms with E-state index in [-0.39, 0.29) is 5.69 Å². The van der Waals surface area contributed by atoms with Crippen molar-refractivity contribution in [2.75, 3.05) is 0 Å². The van der Waals surface area contributed by atoms with Crippen molar-refractivity contribution in [3.63, 3.8) is 0 Å². The molecule has 0 fully saturated rings. The van der Waals surface area contributed by atoms with Gasteiger partial charge in [-0.2, -0.15) is 5.26 Å². The second kappa shape index (κ2) is 1.94. The first kappa shape index (κ1) is 3.07. The Morgan fingerprint density at radius 2 is 2.56 bits per heavy atom. The van der Waals surface area contributed by atoms with Crippen molar-refractivity contribution >= 4 is 0 Å². The zero-order chi connectivity index (χ0) is 9.35. The minimum Gasteiger partial charge on any atom is -0.340 e. The molecule has 0 amide bonds. The third kappa shape index (κ3) is 0.812. The molecule has 1 heterocycles. The van der Waals surface area contributed by atoms with Crippen LogP contribution in [0, 0.1) is 18.3 Å². The maximum absolute atomic E-state index is 8.57. The average molecular weight is 123 g/mol. The summed E-state index contributed by atoms with van der Waals surface area (Å²) in [5.41, 5.74) is 0.749. The van der Waals surface area contributed by atoms with E-state index in [1.54, 1.807) is 13.0 Å². The Hall–Kier alpha value is -1.23. The van der Waals surface area contributed by atoms with Crippen LogP contribution in [0.3, 0.4) is 0 Å². The largest absolute Gasteiger partial charge is 0.340 e. The lowest BCUT2D eigenvalue weighted by Gasteiger charge is -1.94. The summed E-state index contributed by atoms with van der Waals surface area (Å²) < 4.78 is 22.4. The zero-order valence-electron chi connectivity index (χ0n) is 8.05. The van der Waals surface area contributed by atoms with Crippen molar-refractivity contribution in [3.8, 4) is 6.07 Å². The molecule has 0 N–H and O–H groups in total. The fraction of sp³-hybridized carbons (Fsp3) is 0.286. The molecule has 0 aliphatic rings. The molecule has 0 radical (unpaired) electrons. The van der Waals surface area contributed by atoms with Gasteiger partial charge in [-0.25, -0.2) is 0 Å². The summed E-state index contributed by atoms with van der Waals surface area (Å²) in [6, 6.07) is 4.94. The molecule has 0 atom stereocenters. The molecule has 0 bridgehead atoms. The molecular weight excluding hydrogens is 112 g/mol. The minimum absolute atomic E-state index is 0.174. The highest BCUT2D eigenvalue weighted by molar-refractivity contribution is 5.25. The van der Waals surface area contributed by atoms with Crippen LogP contribution in [0.15, 0.2) is 12.1 Å². The fourth-order valence-electron chi connectivity index (χ4n) is 0.626. The lowest BCUT2D eigenvalue weighted by Crippen LogP contribution is -1.92. The van der Waals surface area contributed by atoms with E-state index in [9.17, 15) is 0 Å². The normalized spacial score (nSPS) is 15.3. The first-order valence-corrected chi connectivity index (χ1v) is 2.56. The molecule has 1 aromatic heterocycles. The van der Waals surface area contributed by atoms with Crippen LogP contribution >= 0.6 is 0 Å². The fourth-order valence-corrected chi connectivity index (χ4v) is 0.626. The van der Waals surface area contributed by atoms with Gasteiger partial charge in [0.2, 0.25) is 0 Å². The van der Waals surface area contributed by atoms with E-state index in [0.29, 0.717) is 5.69 Å². The molecule has 1 aromatic rings. The number of nitriles is 1. The second-order valence-electron chi connectivity index (χ2n) is 1.81. The van der Waals surface area contributed by atoms with Gasteiger partial charge in [0.25, 0.3) is 0 Å². The van der Waals surface area contributed by atoms with Crippen LogP contribution in [-0.4, -0.2) is 4.57 Å². The molecule has 1 rings (SSSR count). The molecule has 0 unspecified atom stereocenters. The lowest BCUT2D eigenvalue weighted by atomic mass is 10.5. The van der Waals surface area contributed by atoms with Crippen LogP contribution in [-0.2, 0) is 6.98 Å². The summed E-state index contributed by atoms with van der Waals surface area (Å²) in [5, 5.41) is 8.57. The third-order valence-electron chi connectivity index (χ3n) is 1.19. The standard InChI is InChI=1S/C7H8N2/c1-6-3-4-7(5-8)9(6)2/h3-4H,1-2H3/i2D3. The van der Waals surface area contributed by atoms with Gasteiger partial charge in [0.15, 0.2) is 0 Å². The second-order valence-corrected chi connectivity index (χ2v) is 1.81. The average Bonchev–Trinajstić information content (AvgIpc) is 2.29. The van der Waals surface area contributed by atoms with E-state index >= 15 is 0 Å². The van der Waals surface area contributed by atoms with E-state index in [2.05, 4.69) is 0 Å². The van der Waals surface area contributed by atoms with Gasteiger partial charge >= 0.3 is 0 Å². The Bertz CT molecular complexity index is 329. The van der Waals surface area contributed by atoms with Gasteiger partial charge in [-0.3, -0.25) is 0 Å². The number of nitrogens with zero attached hydrogens (tertiary/aromatic N) is 2. The van der Waals surface area contributed by atoms with Crippen LogP contribution in [0.25, 0.3) is 0 Å². The Morgan fingerprint density at radius 1 is 1.78 bits per heavy atom. The number of hydrogen-bond donors (Lipinski definition) is 0. The van der Waals surface area contributed by atoms with Crippen LogP contribution < -0.4 is 0 Å². The highest BCUT2D eigenvalue weighted by Crippen LogP contribution is 2.02. The predicted molar refractivity (Wildman–Crippen MR) is 34.9 cm³/mol. The van der Waals surface area contributed by atoms with Crippen molar-refractivity contribution in [2.45, 2.75) is 6.92 Å². The Balaban J connectivity index is 3.32. The number of aryl methyl sites for hydroxylation is 1. The molecule has 0 saturated carbocycles. The van der Waals surface area contributed by atoms with E-state index in [0.717, 1.165) is 4.57 Å². The van der Waals surface area contributed by atoms with Gasteiger partial charge in [-0.05, 0) is 19.1 Å². The van der Waals surface area contributed by atoms with Crippen molar-refractivity contribution in [1.29, 1.82) is 5.26 Å². The highest BCUT2D eigenvalue weighted by atomic mass is 14.9. The molecule has 9 heavy (non-hydrogen) atoms. The summed E-state index contributed by atoms with van der Waals surface area (Å²) in [4.78, 5) is 0. The van der Waals surface area contributed by atoms with Crippen LogP contribution in [0.4, 0.5) is 0 Å². The quantitative estimate of drug-likeness (QED) is 0.509. The number of rotatable bonds is 0. The smallest absolute Gasteiger partial charge is 0.120 e. The van der Waals surface area contributed by atoms with Crippen molar-refractivity contribution in [3.05, 3.63) is 23.5 Å². The minimum atomic E-state index is -2.25. The first-order valence-electron chi connectivity index (χ1n) is 4.06. The summed E-state index contributed by atoms with van der Waals surface area (Å²) in [6.45, 7) is -0.591. The summed E-state index contributed by atoms with van der Waals surface area (Å²) >= 11 is 0. The van der Waals surface area contributed by atoms with Gasteiger partial charge < -0.3 is 4.57 Å². The Labute approximate surface area is 58.6 Å². The van der Waals surface area contributed by atoms with Gasteiger partial charge in [-0.15, -0.1) is 0 Å². The Kier molecular flexibility index (Phi) is 0.663. The van der Waals surface area contributed by atoms with E-state index in [1.807, 2.05) is 6.07 Å². The van der Waals surface area contributed by atoms with Crippen LogP contribution in [0.5, 0.6) is 0 Å². The molecule has 2 nitrogen and oxygen atoms in total. The number of aromatic nitrogens is 1. The molecule has 46 valence electrons. The molecule has 0 spiro atoms. The van der Waals surface area contributed by atoms with E-state index in [1.165, 1.54) is 6.07 Å². The van der Waals surface area contributed by atoms with Gasteiger partial charge in [0.05, 0.1) is 0 Å². The third-order valence-corrected chi connectivity index (χ3v) is 1.19. The van der Waals surface area contributed by atoms with Crippen molar-refractivity contribution in [1.82, 2.24) is 4.57 Å². The lowest BCUT2D eigenvalue weighted by molar-refractivity contribution is 0.866.